The highest BCUT2D eigenvalue weighted by molar-refractivity contribution is 6.30. The fourth-order valence-electron chi connectivity index (χ4n) is 1.54. The van der Waals surface area contributed by atoms with Crippen LogP contribution < -0.4 is 4.74 Å². The van der Waals surface area contributed by atoms with Gasteiger partial charge in [-0.15, -0.1) is 0 Å². The molecule has 0 saturated heterocycles. The molecule has 2 aromatic rings. The summed E-state index contributed by atoms with van der Waals surface area (Å²) in [6.07, 6.45) is 5.23. The number of rotatable bonds is 4. The minimum absolute atomic E-state index is 0.362. The molecule has 0 fully saturated rings. The Balaban J connectivity index is 2.08. The van der Waals surface area contributed by atoms with Crippen molar-refractivity contribution < 1.29 is 4.74 Å². The molecule has 0 saturated carbocycles. The van der Waals surface area contributed by atoms with Gasteiger partial charge in [0.2, 0.25) is 0 Å². The lowest BCUT2D eigenvalue weighted by molar-refractivity contribution is 0.291. The summed E-state index contributed by atoms with van der Waals surface area (Å²) in [4.78, 5) is 8.07. The van der Waals surface area contributed by atoms with Crippen LogP contribution >= 0.6 is 11.6 Å². The normalized spacial score (nSPS) is 10.8. The first-order valence-electron chi connectivity index (χ1n) is 5.42. The summed E-state index contributed by atoms with van der Waals surface area (Å²) in [7, 11) is 0. The van der Waals surface area contributed by atoms with Crippen LogP contribution in [-0.4, -0.2) is 14.5 Å². The smallest absolute Gasteiger partial charge is 0.171 e. The number of ether oxygens (including phenoxy) is 1. The Hall–Kier alpha value is -1.55. The Bertz CT molecular complexity index is 496. The van der Waals surface area contributed by atoms with Gasteiger partial charge in [-0.1, -0.05) is 11.6 Å². The second-order valence-electron chi connectivity index (χ2n) is 3.97. The molecule has 0 N–H and O–H groups in total. The van der Waals surface area contributed by atoms with Gasteiger partial charge in [0.15, 0.2) is 10.9 Å². The largest absolute Gasteiger partial charge is 0.484 e. The zero-order valence-corrected chi connectivity index (χ0v) is 10.6. The SMILES string of the molecule is CC(C)n1cncc1COc1cccnc1Cl. The highest BCUT2D eigenvalue weighted by Crippen LogP contribution is 2.21. The van der Waals surface area contributed by atoms with Crippen molar-refractivity contribution in [3.63, 3.8) is 0 Å². The van der Waals surface area contributed by atoms with Crippen molar-refractivity contribution in [2.75, 3.05) is 0 Å². The molecule has 0 bridgehead atoms. The Labute approximate surface area is 105 Å². The molecule has 2 heterocycles. The van der Waals surface area contributed by atoms with Gasteiger partial charge in [-0.25, -0.2) is 9.97 Å². The van der Waals surface area contributed by atoms with Crippen molar-refractivity contribution in [2.24, 2.45) is 0 Å². The zero-order chi connectivity index (χ0) is 12.3. The molecule has 0 unspecified atom stereocenters. The van der Waals surface area contributed by atoms with Gasteiger partial charge < -0.3 is 9.30 Å². The highest BCUT2D eigenvalue weighted by Gasteiger charge is 2.07. The van der Waals surface area contributed by atoms with E-state index in [0.29, 0.717) is 23.6 Å². The molecule has 0 amide bonds. The van der Waals surface area contributed by atoms with Crippen LogP contribution in [0.25, 0.3) is 0 Å². The van der Waals surface area contributed by atoms with Crippen molar-refractivity contribution in [3.05, 3.63) is 41.7 Å². The molecular weight excluding hydrogens is 238 g/mol. The van der Waals surface area contributed by atoms with Gasteiger partial charge in [0, 0.05) is 12.2 Å². The van der Waals surface area contributed by atoms with E-state index in [2.05, 4.69) is 28.4 Å². The molecule has 17 heavy (non-hydrogen) atoms. The second-order valence-corrected chi connectivity index (χ2v) is 4.33. The number of hydrogen-bond acceptors (Lipinski definition) is 3. The monoisotopic (exact) mass is 251 g/mol. The van der Waals surface area contributed by atoms with Crippen LogP contribution in [0, 0.1) is 0 Å². The predicted octanol–water partition coefficient (Wildman–Crippen LogP) is 3.09. The van der Waals surface area contributed by atoms with Gasteiger partial charge in [-0.3, -0.25) is 0 Å². The molecule has 0 aliphatic rings. The Morgan fingerprint density at radius 3 is 3.00 bits per heavy atom. The van der Waals surface area contributed by atoms with Gasteiger partial charge in [0.05, 0.1) is 18.2 Å². The number of aromatic nitrogens is 3. The van der Waals surface area contributed by atoms with E-state index < -0.39 is 0 Å². The maximum absolute atomic E-state index is 5.91. The number of hydrogen-bond donors (Lipinski definition) is 0. The molecule has 0 aliphatic carbocycles. The van der Waals surface area contributed by atoms with Crippen LogP contribution in [0.1, 0.15) is 25.6 Å². The molecule has 4 nitrogen and oxygen atoms in total. The molecule has 0 spiro atoms. The standard InChI is InChI=1S/C12H14ClN3O/c1-9(2)16-8-14-6-10(16)7-17-11-4-3-5-15-12(11)13/h3-6,8-9H,7H2,1-2H3. The Morgan fingerprint density at radius 2 is 2.29 bits per heavy atom. The van der Waals surface area contributed by atoms with Gasteiger partial charge >= 0.3 is 0 Å². The molecule has 0 aromatic carbocycles. The average molecular weight is 252 g/mol. The van der Waals surface area contributed by atoms with Crippen molar-refractivity contribution in [1.29, 1.82) is 0 Å². The van der Waals surface area contributed by atoms with Gasteiger partial charge in [0.25, 0.3) is 0 Å². The number of halogens is 1. The molecule has 0 atom stereocenters. The summed E-state index contributed by atoms with van der Waals surface area (Å²) in [6.45, 7) is 4.63. The summed E-state index contributed by atoms with van der Waals surface area (Å²) in [5.74, 6) is 0.589. The fourth-order valence-corrected chi connectivity index (χ4v) is 1.71. The van der Waals surface area contributed by atoms with E-state index in [1.165, 1.54) is 0 Å². The predicted molar refractivity (Wildman–Crippen MR) is 66.2 cm³/mol. The van der Waals surface area contributed by atoms with Crippen LogP contribution in [-0.2, 0) is 6.61 Å². The van der Waals surface area contributed by atoms with Crippen LogP contribution in [0.15, 0.2) is 30.9 Å². The van der Waals surface area contributed by atoms with Gasteiger partial charge in [-0.05, 0) is 26.0 Å². The maximum atomic E-state index is 5.91. The van der Waals surface area contributed by atoms with E-state index in [0.717, 1.165) is 5.69 Å². The Morgan fingerprint density at radius 1 is 1.47 bits per heavy atom. The van der Waals surface area contributed by atoms with Crippen molar-refractivity contribution in [3.8, 4) is 5.75 Å². The second kappa shape index (κ2) is 5.19. The highest BCUT2D eigenvalue weighted by atomic mass is 35.5. The number of imidazole rings is 1. The van der Waals surface area contributed by atoms with E-state index in [1.807, 2.05) is 0 Å². The van der Waals surface area contributed by atoms with E-state index in [1.54, 1.807) is 30.9 Å². The number of nitrogens with zero attached hydrogens (tertiary/aromatic N) is 3. The first-order valence-corrected chi connectivity index (χ1v) is 5.80. The van der Waals surface area contributed by atoms with Crippen molar-refractivity contribution >= 4 is 11.6 Å². The lowest BCUT2D eigenvalue weighted by atomic mass is 10.3. The molecule has 2 rings (SSSR count). The molecular formula is C12H14ClN3O. The lowest BCUT2D eigenvalue weighted by Gasteiger charge is -2.12. The van der Waals surface area contributed by atoms with Crippen LogP contribution in [0.5, 0.6) is 5.75 Å². The fraction of sp³-hybridized carbons (Fsp3) is 0.333. The summed E-state index contributed by atoms with van der Waals surface area (Å²) in [5, 5.41) is 0.378. The summed E-state index contributed by atoms with van der Waals surface area (Å²) >= 11 is 5.91. The lowest BCUT2D eigenvalue weighted by Crippen LogP contribution is -2.07. The maximum Gasteiger partial charge on any atom is 0.171 e. The summed E-state index contributed by atoms with van der Waals surface area (Å²) in [6, 6.07) is 3.95. The van der Waals surface area contributed by atoms with Crippen LogP contribution in [0.4, 0.5) is 0 Å². The van der Waals surface area contributed by atoms with E-state index in [4.69, 9.17) is 16.3 Å². The first kappa shape index (κ1) is 11.9. The average Bonchev–Trinajstić information content (AvgIpc) is 2.76. The van der Waals surface area contributed by atoms with Crippen molar-refractivity contribution in [2.45, 2.75) is 26.5 Å². The molecule has 0 aliphatic heterocycles. The summed E-state index contributed by atoms with van der Waals surface area (Å²) in [5.41, 5.74) is 1.01. The zero-order valence-electron chi connectivity index (χ0n) is 9.80. The molecule has 2 aromatic heterocycles. The van der Waals surface area contributed by atoms with Gasteiger partial charge in [-0.2, -0.15) is 0 Å². The minimum atomic E-state index is 0.362. The first-order chi connectivity index (χ1) is 8.18. The third kappa shape index (κ3) is 2.77. The quantitative estimate of drug-likeness (QED) is 0.784. The number of pyridine rings is 1. The minimum Gasteiger partial charge on any atom is -0.484 e. The van der Waals surface area contributed by atoms with Crippen LogP contribution in [0.2, 0.25) is 5.15 Å². The van der Waals surface area contributed by atoms with E-state index >= 15 is 0 Å². The third-order valence-electron chi connectivity index (χ3n) is 2.40. The molecule has 90 valence electrons. The molecule has 5 heteroatoms. The Kier molecular flexibility index (Phi) is 3.64. The van der Waals surface area contributed by atoms with E-state index in [-0.39, 0.29) is 0 Å². The third-order valence-corrected chi connectivity index (χ3v) is 2.69. The van der Waals surface area contributed by atoms with Crippen LogP contribution in [0.3, 0.4) is 0 Å². The van der Waals surface area contributed by atoms with Gasteiger partial charge in [0.1, 0.15) is 6.61 Å². The topological polar surface area (TPSA) is 39.9 Å². The summed E-state index contributed by atoms with van der Waals surface area (Å²) < 4.78 is 7.68. The molecule has 0 radical (unpaired) electrons. The van der Waals surface area contributed by atoms with Crippen molar-refractivity contribution in [1.82, 2.24) is 14.5 Å². The van der Waals surface area contributed by atoms with E-state index in [9.17, 15) is 0 Å².